The number of hydrogen-bond acceptors (Lipinski definition) is 4. The van der Waals surface area contributed by atoms with Gasteiger partial charge in [0.05, 0.1) is 16.3 Å². The van der Waals surface area contributed by atoms with Gasteiger partial charge in [0.25, 0.3) is 10.0 Å². The molecule has 0 spiro atoms. The van der Waals surface area contributed by atoms with Gasteiger partial charge in [-0.05, 0) is 42.0 Å². The van der Waals surface area contributed by atoms with E-state index >= 15 is 0 Å². The Hall–Kier alpha value is -3.36. The SMILES string of the molecule is NCc1ccc(NC(=O)Nc2ccccc2NS(=O)(=O)c2ccccc2)cc1. The normalized spacial score (nSPS) is 10.9. The molecule has 0 radical (unpaired) electrons. The molecular formula is C20H20N4O3S. The van der Waals surface area contributed by atoms with Gasteiger partial charge in [-0.3, -0.25) is 4.72 Å². The molecule has 0 saturated heterocycles. The van der Waals surface area contributed by atoms with Crippen LogP contribution in [0.15, 0.2) is 83.8 Å². The molecule has 8 heteroatoms. The monoisotopic (exact) mass is 396 g/mol. The summed E-state index contributed by atoms with van der Waals surface area (Å²) in [7, 11) is -3.77. The van der Waals surface area contributed by atoms with Gasteiger partial charge in [-0.25, -0.2) is 13.2 Å². The Balaban J connectivity index is 1.74. The fourth-order valence-electron chi connectivity index (χ4n) is 2.49. The Kier molecular flexibility index (Phi) is 5.93. The minimum Gasteiger partial charge on any atom is -0.326 e. The maximum absolute atomic E-state index is 12.5. The van der Waals surface area contributed by atoms with E-state index in [4.69, 9.17) is 5.73 Å². The van der Waals surface area contributed by atoms with E-state index in [9.17, 15) is 13.2 Å². The maximum atomic E-state index is 12.5. The summed E-state index contributed by atoms with van der Waals surface area (Å²) in [5.74, 6) is 0. The van der Waals surface area contributed by atoms with Crippen molar-refractivity contribution in [2.45, 2.75) is 11.4 Å². The molecule has 0 heterocycles. The quantitative estimate of drug-likeness (QED) is 0.510. The van der Waals surface area contributed by atoms with Crippen molar-refractivity contribution in [1.82, 2.24) is 0 Å². The summed E-state index contributed by atoms with van der Waals surface area (Å²) in [6.45, 7) is 0.418. The molecule has 2 amide bonds. The van der Waals surface area contributed by atoms with Crippen molar-refractivity contribution in [1.29, 1.82) is 0 Å². The van der Waals surface area contributed by atoms with Crippen molar-refractivity contribution in [3.05, 3.63) is 84.4 Å². The number of benzene rings is 3. The third-order valence-electron chi connectivity index (χ3n) is 3.92. The number of amides is 2. The third kappa shape index (κ3) is 4.87. The summed E-state index contributed by atoms with van der Waals surface area (Å²) in [5, 5.41) is 5.36. The van der Waals surface area contributed by atoms with Crippen LogP contribution in [0, 0.1) is 0 Å². The van der Waals surface area contributed by atoms with Crippen molar-refractivity contribution in [2.75, 3.05) is 15.4 Å². The molecule has 0 aromatic heterocycles. The molecule has 0 atom stereocenters. The molecule has 0 aliphatic heterocycles. The highest BCUT2D eigenvalue weighted by Gasteiger charge is 2.16. The summed E-state index contributed by atoms with van der Waals surface area (Å²) < 4.78 is 27.6. The van der Waals surface area contributed by atoms with Crippen molar-refractivity contribution < 1.29 is 13.2 Å². The number of sulfonamides is 1. The van der Waals surface area contributed by atoms with E-state index in [2.05, 4.69) is 15.4 Å². The number of nitrogens with two attached hydrogens (primary N) is 1. The van der Waals surface area contributed by atoms with E-state index in [0.717, 1.165) is 5.56 Å². The van der Waals surface area contributed by atoms with Crippen molar-refractivity contribution in [3.63, 3.8) is 0 Å². The molecule has 7 nitrogen and oxygen atoms in total. The van der Waals surface area contributed by atoms with Crippen molar-refractivity contribution in [3.8, 4) is 0 Å². The first kappa shape index (κ1) is 19.4. The topological polar surface area (TPSA) is 113 Å². The van der Waals surface area contributed by atoms with Gasteiger partial charge >= 0.3 is 6.03 Å². The number of anilines is 3. The van der Waals surface area contributed by atoms with Crippen LogP contribution in [-0.2, 0) is 16.6 Å². The third-order valence-corrected chi connectivity index (χ3v) is 5.30. The van der Waals surface area contributed by atoms with E-state index < -0.39 is 16.1 Å². The maximum Gasteiger partial charge on any atom is 0.323 e. The van der Waals surface area contributed by atoms with Gasteiger partial charge in [0.1, 0.15) is 0 Å². The van der Waals surface area contributed by atoms with Crippen LogP contribution in [0.5, 0.6) is 0 Å². The number of para-hydroxylation sites is 2. The largest absolute Gasteiger partial charge is 0.326 e. The Morgan fingerprint density at radius 1 is 0.786 bits per heavy atom. The Bertz CT molecular complexity index is 1050. The number of carbonyl (C=O) groups is 1. The molecule has 28 heavy (non-hydrogen) atoms. The molecule has 5 N–H and O–H groups in total. The van der Waals surface area contributed by atoms with Crippen LogP contribution in [0.1, 0.15) is 5.56 Å². The predicted octanol–water partition coefficient (Wildman–Crippen LogP) is 3.59. The molecule has 3 rings (SSSR count). The van der Waals surface area contributed by atoms with Gasteiger partial charge in [0, 0.05) is 12.2 Å². The molecular weight excluding hydrogens is 376 g/mol. The Morgan fingerprint density at radius 3 is 2.04 bits per heavy atom. The standard InChI is InChI=1S/C20H20N4O3S/c21-14-15-10-12-16(13-11-15)22-20(25)23-18-8-4-5-9-19(18)24-28(26,27)17-6-2-1-3-7-17/h1-13,24H,14,21H2,(H2,22,23,25). The molecule has 0 unspecified atom stereocenters. The second kappa shape index (κ2) is 8.55. The van der Waals surface area contributed by atoms with E-state index in [1.807, 2.05) is 12.1 Å². The fraction of sp³-hybridized carbons (Fsp3) is 0.0500. The second-order valence-corrected chi connectivity index (χ2v) is 7.63. The average molecular weight is 396 g/mol. The zero-order valence-electron chi connectivity index (χ0n) is 14.9. The van der Waals surface area contributed by atoms with Gasteiger partial charge in [0.2, 0.25) is 0 Å². The average Bonchev–Trinajstić information content (AvgIpc) is 2.70. The first-order chi connectivity index (χ1) is 13.5. The predicted molar refractivity (Wildman–Crippen MR) is 111 cm³/mol. The number of hydrogen-bond donors (Lipinski definition) is 4. The Morgan fingerprint density at radius 2 is 1.39 bits per heavy atom. The highest BCUT2D eigenvalue weighted by atomic mass is 32.2. The lowest BCUT2D eigenvalue weighted by Crippen LogP contribution is -2.21. The zero-order valence-corrected chi connectivity index (χ0v) is 15.7. The van der Waals surface area contributed by atoms with E-state index in [0.29, 0.717) is 17.9 Å². The first-order valence-electron chi connectivity index (χ1n) is 8.52. The molecule has 0 aliphatic carbocycles. The smallest absolute Gasteiger partial charge is 0.323 e. The van der Waals surface area contributed by atoms with Crippen molar-refractivity contribution >= 4 is 33.1 Å². The lowest BCUT2D eigenvalue weighted by molar-refractivity contribution is 0.262. The van der Waals surface area contributed by atoms with Crippen LogP contribution >= 0.6 is 0 Å². The summed E-state index contributed by atoms with van der Waals surface area (Å²) in [6, 6.07) is 21.2. The highest BCUT2D eigenvalue weighted by Crippen LogP contribution is 2.24. The van der Waals surface area contributed by atoms with Gasteiger partial charge in [-0.2, -0.15) is 0 Å². The molecule has 3 aromatic carbocycles. The summed E-state index contributed by atoms with van der Waals surface area (Å²) in [5.41, 5.74) is 7.70. The molecule has 3 aromatic rings. The fourth-order valence-corrected chi connectivity index (χ4v) is 3.59. The minimum absolute atomic E-state index is 0.134. The second-order valence-electron chi connectivity index (χ2n) is 5.94. The van der Waals surface area contributed by atoms with Crippen LogP contribution in [0.25, 0.3) is 0 Å². The molecule has 0 saturated carbocycles. The molecule has 144 valence electrons. The van der Waals surface area contributed by atoms with E-state index in [-0.39, 0.29) is 10.6 Å². The van der Waals surface area contributed by atoms with Crippen LogP contribution in [0.3, 0.4) is 0 Å². The van der Waals surface area contributed by atoms with Crippen LogP contribution in [-0.4, -0.2) is 14.4 Å². The van der Waals surface area contributed by atoms with Crippen molar-refractivity contribution in [2.24, 2.45) is 5.73 Å². The van der Waals surface area contributed by atoms with Gasteiger partial charge < -0.3 is 16.4 Å². The summed E-state index contributed by atoms with van der Waals surface area (Å²) >= 11 is 0. The number of carbonyl (C=O) groups excluding carboxylic acids is 1. The first-order valence-corrected chi connectivity index (χ1v) is 10.0. The molecule has 0 bridgehead atoms. The highest BCUT2D eigenvalue weighted by molar-refractivity contribution is 7.92. The number of nitrogens with one attached hydrogen (secondary N) is 3. The number of rotatable bonds is 6. The van der Waals surface area contributed by atoms with Crippen LogP contribution < -0.4 is 21.1 Å². The van der Waals surface area contributed by atoms with Gasteiger partial charge in [0.15, 0.2) is 0 Å². The van der Waals surface area contributed by atoms with Crippen LogP contribution in [0.2, 0.25) is 0 Å². The lowest BCUT2D eigenvalue weighted by Gasteiger charge is -2.14. The number of urea groups is 1. The van der Waals surface area contributed by atoms with Gasteiger partial charge in [-0.1, -0.05) is 42.5 Å². The molecule has 0 aliphatic rings. The van der Waals surface area contributed by atoms with E-state index in [1.54, 1.807) is 54.6 Å². The lowest BCUT2D eigenvalue weighted by atomic mass is 10.2. The van der Waals surface area contributed by atoms with E-state index in [1.165, 1.54) is 12.1 Å². The molecule has 0 fully saturated rings. The summed E-state index contributed by atoms with van der Waals surface area (Å²) in [4.78, 5) is 12.4. The summed E-state index contributed by atoms with van der Waals surface area (Å²) in [6.07, 6.45) is 0. The zero-order chi connectivity index (χ0) is 20.0. The van der Waals surface area contributed by atoms with Crippen LogP contribution in [0.4, 0.5) is 21.9 Å². The minimum atomic E-state index is -3.77. The van der Waals surface area contributed by atoms with Gasteiger partial charge in [-0.15, -0.1) is 0 Å². The Labute approximate surface area is 163 Å².